The topological polar surface area (TPSA) is 64.2 Å². The largest absolute Gasteiger partial charge is 0.423 e. The zero-order chi connectivity index (χ0) is 11.7. The van der Waals surface area contributed by atoms with Crippen molar-refractivity contribution in [1.29, 1.82) is 5.39 Å². The van der Waals surface area contributed by atoms with E-state index in [0.717, 1.165) is 10.9 Å². The number of para-hydroxylation sites is 1. The van der Waals surface area contributed by atoms with Gasteiger partial charge in [-0.05, 0) is 12.1 Å². The fourth-order valence-corrected chi connectivity index (χ4v) is 1.61. The van der Waals surface area contributed by atoms with Crippen molar-refractivity contribution in [3.63, 3.8) is 0 Å². The number of aromatic amines is 1. The van der Waals surface area contributed by atoms with E-state index in [4.69, 9.17) is 5.39 Å². The Morgan fingerprint density at radius 2 is 2.06 bits per heavy atom. The lowest BCUT2D eigenvalue weighted by Crippen LogP contribution is -2.21. The molecule has 0 aliphatic rings. The maximum atomic E-state index is 11.8. The van der Waals surface area contributed by atoms with Crippen LogP contribution < -0.4 is 0 Å². The Labute approximate surface area is 92.3 Å². The van der Waals surface area contributed by atoms with Crippen LogP contribution in [-0.2, 0) is 0 Å². The number of carbonyl (C=O) groups excluding carboxylic acids is 1. The first-order valence-corrected chi connectivity index (χ1v) is 4.82. The first-order chi connectivity index (χ1) is 7.65. The van der Waals surface area contributed by atoms with Crippen LogP contribution in [0, 0.1) is 5.39 Å². The molecule has 0 spiro atoms. The number of diazo groups is 1. The van der Waals surface area contributed by atoms with Crippen molar-refractivity contribution in [2.24, 2.45) is 0 Å². The summed E-state index contributed by atoms with van der Waals surface area (Å²) in [4.78, 5) is 19.4. The van der Waals surface area contributed by atoms with Crippen LogP contribution in [0.4, 0.5) is 5.69 Å². The third-order valence-electron chi connectivity index (χ3n) is 2.40. The van der Waals surface area contributed by atoms with Crippen LogP contribution in [0.1, 0.15) is 10.5 Å². The lowest BCUT2D eigenvalue weighted by molar-refractivity contribution is 0.0824. The van der Waals surface area contributed by atoms with Gasteiger partial charge in [0.15, 0.2) is 4.98 Å². The number of carbonyl (C=O) groups is 1. The zero-order valence-corrected chi connectivity index (χ0v) is 9.06. The number of benzene rings is 1. The summed E-state index contributed by atoms with van der Waals surface area (Å²) in [5.41, 5.74) is 1.36. The second kappa shape index (κ2) is 3.66. The molecular weight excluding hydrogens is 204 g/mol. The fraction of sp³-hybridized carbons (Fsp3) is 0.182. The molecule has 5 heteroatoms. The standard InChI is InChI=1S/C11H10N4O/c1-15(2)11(16)10-9(14-12)7-5-3-4-6-8(7)13-10/h3-6H,1-2H3/p+1. The molecule has 1 heterocycles. The van der Waals surface area contributed by atoms with E-state index in [1.54, 1.807) is 20.2 Å². The molecule has 0 atom stereocenters. The number of H-pyrrole nitrogens is 1. The highest BCUT2D eigenvalue weighted by Gasteiger charge is 2.28. The van der Waals surface area contributed by atoms with Crippen LogP contribution in [0.3, 0.4) is 0 Å². The molecule has 2 aromatic rings. The Bertz CT molecular complexity index is 592. The minimum atomic E-state index is -0.219. The molecule has 0 radical (unpaired) electrons. The van der Waals surface area contributed by atoms with E-state index in [1.165, 1.54) is 4.90 Å². The van der Waals surface area contributed by atoms with E-state index >= 15 is 0 Å². The van der Waals surface area contributed by atoms with E-state index in [-0.39, 0.29) is 11.6 Å². The highest BCUT2D eigenvalue weighted by Crippen LogP contribution is 2.30. The normalized spacial score (nSPS) is 10.1. The van der Waals surface area contributed by atoms with Gasteiger partial charge in [-0.25, -0.2) is 0 Å². The SMILES string of the molecule is CN(C)C(=O)c1[nH]c2ccccc2c1[N+]#N. The molecule has 0 aliphatic carbocycles. The first kappa shape index (κ1) is 10.2. The zero-order valence-electron chi connectivity index (χ0n) is 9.06. The van der Waals surface area contributed by atoms with Crippen LogP contribution in [0.2, 0.25) is 0 Å². The Kier molecular flexibility index (Phi) is 2.33. The summed E-state index contributed by atoms with van der Waals surface area (Å²) in [5.74, 6) is -0.219. The van der Waals surface area contributed by atoms with E-state index < -0.39 is 0 Å². The van der Waals surface area contributed by atoms with Gasteiger partial charge >= 0.3 is 5.69 Å². The van der Waals surface area contributed by atoms with Gasteiger partial charge in [0.25, 0.3) is 5.91 Å². The van der Waals surface area contributed by atoms with Gasteiger partial charge < -0.3 is 9.88 Å². The molecule has 16 heavy (non-hydrogen) atoms. The minimum Gasteiger partial charge on any atom is -0.344 e. The minimum absolute atomic E-state index is 0.219. The Morgan fingerprint density at radius 1 is 1.38 bits per heavy atom. The Balaban J connectivity index is 2.72. The number of hydrogen-bond donors (Lipinski definition) is 1. The molecule has 1 amide bonds. The van der Waals surface area contributed by atoms with Gasteiger partial charge in [0.05, 0.1) is 10.9 Å². The second-order valence-electron chi connectivity index (χ2n) is 3.69. The fourth-order valence-electron chi connectivity index (χ4n) is 1.61. The van der Waals surface area contributed by atoms with E-state index in [9.17, 15) is 4.79 Å². The number of aromatic nitrogens is 1. The van der Waals surface area contributed by atoms with Crippen LogP contribution in [0.15, 0.2) is 24.3 Å². The van der Waals surface area contributed by atoms with Crippen LogP contribution >= 0.6 is 0 Å². The molecule has 1 aromatic heterocycles. The van der Waals surface area contributed by atoms with Crippen molar-refractivity contribution >= 4 is 22.5 Å². The molecule has 1 N–H and O–H groups in total. The van der Waals surface area contributed by atoms with Gasteiger partial charge in [-0.3, -0.25) is 4.79 Å². The summed E-state index contributed by atoms with van der Waals surface area (Å²) < 4.78 is 0. The summed E-state index contributed by atoms with van der Waals surface area (Å²) in [6.07, 6.45) is 0. The number of amides is 1. The number of rotatable bonds is 1. The van der Waals surface area contributed by atoms with Crippen molar-refractivity contribution in [3.05, 3.63) is 34.9 Å². The molecule has 2 rings (SSSR count). The third kappa shape index (κ3) is 1.41. The van der Waals surface area contributed by atoms with Crippen molar-refractivity contribution in [3.8, 4) is 0 Å². The van der Waals surface area contributed by atoms with E-state index in [0.29, 0.717) is 5.69 Å². The molecule has 0 saturated carbocycles. The average Bonchev–Trinajstić information content (AvgIpc) is 2.65. The summed E-state index contributed by atoms with van der Waals surface area (Å²) in [7, 11) is 3.30. The smallest absolute Gasteiger partial charge is 0.344 e. The average molecular weight is 215 g/mol. The molecule has 5 nitrogen and oxygen atoms in total. The molecule has 0 unspecified atom stereocenters. The van der Waals surface area contributed by atoms with Gasteiger partial charge in [-0.1, -0.05) is 12.1 Å². The first-order valence-electron chi connectivity index (χ1n) is 4.82. The van der Waals surface area contributed by atoms with Gasteiger partial charge in [0, 0.05) is 14.1 Å². The van der Waals surface area contributed by atoms with Crippen molar-refractivity contribution in [2.75, 3.05) is 14.1 Å². The number of fused-ring (bicyclic) bond motifs is 1. The lowest BCUT2D eigenvalue weighted by Gasteiger charge is -2.05. The van der Waals surface area contributed by atoms with Crippen LogP contribution in [0.5, 0.6) is 0 Å². The number of nitrogens with one attached hydrogen (secondary N) is 1. The second-order valence-corrected chi connectivity index (χ2v) is 3.69. The summed E-state index contributed by atoms with van der Waals surface area (Å²) >= 11 is 0. The van der Waals surface area contributed by atoms with E-state index in [1.807, 2.05) is 18.2 Å². The molecular formula is C11H11N4O+. The third-order valence-corrected chi connectivity index (χ3v) is 2.40. The molecule has 0 saturated heterocycles. The van der Waals surface area contributed by atoms with Crippen LogP contribution in [0.25, 0.3) is 15.9 Å². The van der Waals surface area contributed by atoms with Crippen molar-refractivity contribution < 1.29 is 4.79 Å². The summed E-state index contributed by atoms with van der Waals surface area (Å²) in [6.45, 7) is 0. The Morgan fingerprint density at radius 3 is 2.69 bits per heavy atom. The highest BCUT2D eigenvalue weighted by atomic mass is 16.2. The van der Waals surface area contributed by atoms with Gasteiger partial charge in [0.1, 0.15) is 0 Å². The highest BCUT2D eigenvalue weighted by molar-refractivity contribution is 6.08. The van der Waals surface area contributed by atoms with Gasteiger partial charge in [0.2, 0.25) is 11.1 Å². The lowest BCUT2D eigenvalue weighted by atomic mass is 10.2. The molecule has 0 fully saturated rings. The van der Waals surface area contributed by atoms with Crippen molar-refractivity contribution in [1.82, 2.24) is 9.88 Å². The molecule has 80 valence electrons. The summed E-state index contributed by atoms with van der Waals surface area (Å²) in [6, 6.07) is 7.31. The quantitative estimate of drug-likeness (QED) is 0.742. The monoisotopic (exact) mass is 215 g/mol. The maximum absolute atomic E-state index is 11.8. The van der Waals surface area contributed by atoms with Gasteiger partial charge in [-0.2, -0.15) is 0 Å². The van der Waals surface area contributed by atoms with E-state index in [2.05, 4.69) is 9.96 Å². The van der Waals surface area contributed by atoms with Crippen molar-refractivity contribution in [2.45, 2.75) is 0 Å². The molecule has 1 aromatic carbocycles. The number of nitrogens with zero attached hydrogens (tertiary/aromatic N) is 3. The predicted octanol–water partition coefficient (Wildman–Crippen LogP) is 2.35. The van der Waals surface area contributed by atoms with Crippen LogP contribution in [-0.4, -0.2) is 29.9 Å². The molecule has 0 bridgehead atoms. The Hall–Kier alpha value is -2.35. The maximum Gasteiger partial charge on any atom is 0.423 e. The number of hydrogen-bond acceptors (Lipinski definition) is 2. The molecule has 0 aliphatic heterocycles. The summed E-state index contributed by atoms with van der Waals surface area (Å²) in [5, 5.41) is 9.70. The predicted molar refractivity (Wildman–Crippen MR) is 61.1 cm³/mol. The van der Waals surface area contributed by atoms with Gasteiger partial charge in [-0.15, -0.1) is 0 Å².